The average molecular weight is 1640 g/mol. The lowest BCUT2D eigenvalue weighted by atomic mass is 9.65. The van der Waals surface area contributed by atoms with Gasteiger partial charge in [-0.3, -0.25) is 37.7 Å². The van der Waals surface area contributed by atoms with E-state index in [1.807, 2.05) is 26.8 Å². The van der Waals surface area contributed by atoms with Crippen molar-refractivity contribution < 1.29 is 14.4 Å². The highest BCUT2D eigenvalue weighted by molar-refractivity contribution is 6.37. The Bertz CT molecular complexity index is 5930. The van der Waals surface area contributed by atoms with Crippen LogP contribution in [-0.2, 0) is 25.8 Å². The molecule has 606 valence electrons. The molecule has 0 radical (unpaired) electrons. The lowest BCUT2D eigenvalue weighted by Crippen LogP contribution is -2.50. The first-order valence-corrected chi connectivity index (χ1v) is 45.3. The third-order valence-corrected chi connectivity index (χ3v) is 32.4. The molecular formula is C97H101Cl3N12O6. The minimum atomic E-state index is -0.642. The number of piperazine rings is 1. The van der Waals surface area contributed by atoms with E-state index in [4.69, 9.17) is 62.6 Å². The topological polar surface area (TPSA) is 184 Å². The van der Waals surface area contributed by atoms with E-state index >= 15 is 9.59 Å². The molecule has 18 nitrogen and oxygen atoms in total. The molecule has 3 aromatic heterocycles. The zero-order chi connectivity index (χ0) is 80.2. The number of likely N-dealkylation sites (tertiary alicyclic amines) is 3. The molecule has 12 aliphatic rings. The summed E-state index contributed by atoms with van der Waals surface area (Å²) in [7, 11) is 0. The van der Waals surface area contributed by atoms with Crippen molar-refractivity contribution in [2.45, 2.75) is 200 Å². The third kappa shape index (κ3) is 12.1. The van der Waals surface area contributed by atoms with Gasteiger partial charge in [0.25, 0.3) is 16.7 Å². The minimum absolute atomic E-state index is 0.0103. The lowest BCUT2D eigenvalue weighted by Gasteiger charge is -2.39. The Kier molecular flexibility index (Phi) is 19.3. The van der Waals surface area contributed by atoms with Crippen LogP contribution in [0.4, 0.5) is 10.5 Å². The molecule has 0 bridgehead atoms. The zero-order valence-electron chi connectivity index (χ0n) is 67.2. The molecule has 4 saturated carbocycles. The molecule has 21 rings (SSSR count). The number of benzene rings is 6. The van der Waals surface area contributed by atoms with Crippen LogP contribution in [0.5, 0.6) is 0 Å². The molecule has 3 spiro atoms. The summed E-state index contributed by atoms with van der Waals surface area (Å²) >= 11 is 22.6. The maximum atomic E-state index is 15.5. The number of hydrogen-bond acceptors (Lipinski definition) is 11. The summed E-state index contributed by atoms with van der Waals surface area (Å²) < 4.78 is 6.73. The molecule has 0 atom stereocenters. The molecule has 4 amide bonds. The maximum absolute atomic E-state index is 15.5. The highest BCUT2D eigenvalue weighted by atomic mass is 35.5. The molecule has 0 unspecified atom stereocenters. The number of piperidine rings is 4. The Morgan fingerprint density at radius 3 is 1.33 bits per heavy atom. The summed E-state index contributed by atoms with van der Waals surface area (Å²) in [5.41, 5.74) is 11.5. The van der Waals surface area contributed by atoms with E-state index in [0.717, 1.165) is 208 Å². The Morgan fingerprint density at radius 2 is 0.831 bits per heavy atom. The van der Waals surface area contributed by atoms with Crippen LogP contribution in [0.3, 0.4) is 0 Å². The van der Waals surface area contributed by atoms with Gasteiger partial charge in [-0.25, -0.2) is 4.79 Å². The second-order valence-electron chi connectivity index (χ2n) is 36.8. The molecule has 5 saturated heterocycles. The molecular weight excluding hydrogens is 1540 g/mol. The molecule has 118 heavy (non-hydrogen) atoms. The fourth-order valence-corrected chi connectivity index (χ4v) is 25.7. The van der Waals surface area contributed by atoms with Gasteiger partial charge in [0.1, 0.15) is 17.5 Å². The van der Waals surface area contributed by atoms with Crippen LogP contribution in [0.1, 0.15) is 241 Å². The van der Waals surface area contributed by atoms with E-state index in [2.05, 4.69) is 120 Å². The number of amides is 4. The van der Waals surface area contributed by atoms with Crippen LogP contribution in [0.25, 0.3) is 49.8 Å². The molecule has 6 aromatic carbocycles. The van der Waals surface area contributed by atoms with Crippen molar-refractivity contribution in [1.82, 2.24) is 53.6 Å². The first-order valence-electron chi connectivity index (χ1n) is 44.2. The molecule has 1 N–H and O–H groups in total. The molecule has 8 aliphatic heterocycles. The second-order valence-corrected chi connectivity index (χ2v) is 38.0. The predicted molar refractivity (Wildman–Crippen MR) is 464 cm³/mol. The van der Waals surface area contributed by atoms with Crippen LogP contribution in [-0.4, -0.2) is 145 Å². The normalized spacial score (nSPS) is 25.2. The number of anilines is 1. The summed E-state index contributed by atoms with van der Waals surface area (Å²) in [5, 5.41) is 5.90. The zero-order valence-corrected chi connectivity index (χ0v) is 69.4. The molecule has 11 heterocycles. The molecule has 4 aliphatic carbocycles. The van der Waals surface area contributed by atoms with E-state index in [9.17, 15) is 19.2 Å². The number of urea groups is 1. The smallest absolute Gasteiger partial charge is 0.319 e. The van der Waals surface area contributed by atoms with Gasteiger partial charge in [-0.05, 0) is 265 Å². The van der Waals surface area contributed by atoms with Crippen LogP contribution < -0.4 is 26.9 Å². The summed E-state index contributed by atoms with van der Waals surface area (Å²) in [6.45, 7) is 8.64. The number of rotatable bonds is 7. The SMILES string of the molecule is C#CC1CCC(C(=O)N2CCN(c3ccc4c(c3)-n3c(nc(=O)c5c(Cl)cccc53)C43CCC(c4ccc5c(c4Cl)c(=O)nc4n5-c5cc(C6CCN(C(=O)C7CCNCC7)CC6)ccc5C45CCC(c4ccc6c(c4Cl)c(=O)nc4n6-c6cc(C7CCN(C(=O)N8CCC(C#C)CC8)CC7)ccc6C46CCCCC6)CC5)CC3)CC2)CC1. The number of terminal acetylenes is 2. The van der Waals surface area contributed by atoms with E-state index in [1.54, 1.807) is 6.07 Å². The molecule has 9 fully saturated rings. The monoisotopic (exact) mass is 1630 g/mol. The fourth-order valence-electron chi connectivity index (χ4n) is 24.6. The van der Waals surface area contributed by atoms with Gasteiger partial charge in [-0.2, -0.15) is 15.0 Å². The van der Waals surface area contributed by atoms with Crippen LogP contribution in [0, 0.1) is 48.4 Å². The van der Waals surface area contributed by atoms with E-state index in [0.29, 0.717) is 141 Å². The molecule has 9 aromatic rings. The summed E-state index contributed by atoms with van der Waals surface area (Å²) in [4.78, 5) is 113. The number of halogens is 3. The Morgan fingerprint density at radius 1 is 0.407 bits per heavy atom. The maximum Gasteiger partial charge on any atom is 0.319 e. The van der Waals surface area contributed by atoms with E-state index in [-0.39, 0.29) is 87.3 Å². The van der Waals surface area contributed by atoms with Gasteiger partial charge in [0.15, 0.2) is 0 Å². The summed E-state index contributed by atoms with van der Waals surface area (Å²) in [5.74, 6) is 9.63. The lowest BCUT2D eigenvalue weighted by molar-refractivity contribution is -0.138. The fraction of sp³-hybridized carbons (Fsp3) is 0.495. The third-order valence-electron chi connectivity index (χ3n) is 31.2. The van der Waals surface area contributed by atoms with Crippen LogP contribution in [0.15, 0.2) is 111 Å². The highest BCUT2D eigenvalue weighted by Gasteiger charge is 2.53. The first-order chi connectivity index (χ1) is 57.5. The van der Waals surface area contributed by atoms with Gasteiger partial charge in [-0.1, -0.05) is 103 Å². The summed E-state index contributed by atoms with van der Waals surface area (Å²) in [6, 6.07) is 35.0. The highest BCUT2D eigenvalue weighted by Crippen LogP contribution is 2.60. The average Bonchev–Trinajstić information content (AvgIpc) is 1.54. The Hall–Kier alpha value is -9.30. The van der Waals surface area contributed by atoms with Crippen molar-refractivity contribution in [3.05, 3.63) is 200 Å². The van der Waals surface area contributed by atoms with Crippen LogP contribution in [0.2, 0.25) is 15.1 Å². The minimum Gasteiger partial charge on any atom is -0.368 e. The standard InChI is InChI=1S/C97H101Cl3N12O6/c1-3-58-11-13-64(14-12-58)89(116)107-53-51-105(52-54-107)68-17-22-73-80(57-68)110-75-10-8-9-74(98)81(75)86(113)102-92(110)97(73)41-27-63(28-42-97)70-19-24-77-83(85(70)100)88(115)104-93-96(72-21-16-66(56-79(72)112(77)93)60-33-47-106(48-34-60)90(117)65-29-43-101-44-30-65)39-25-62(26-40-96)69-18-23-76-82(84(69)99)87(114)103-91-95(37-6-5-7-38-95)71-20-15-67(55-78(71)111(76)91)61-35-49-109(50-36-61)94(118)108-45-31-59(4-2)32-46-108/h1-2,8-10,15-24,55-65,101H,5-7,11-14,25-54H2. The largest absolute Gasteiger partial charge is 0.368 e. The number of hydrogen-bond donors (Lipinski definition) is 1. The number of carbonyl (C=O) groups is 3. The van der Waals surface area contributed by atoms with Crippen molar-refractivity contribution in [3.8, 4) is 41.7 Å². The predicted octanol–water partition coefficient (Wildman–Crippen LogP) is 16.7. The van der Waals surface area contributed by atoms with Gasteiger partial charge in [0.05, 0.1) is 81.1 Å². The Labute approximate surface area is 703 Å². The van der Waals surface area contributed by atoms with Crippen molar-refractivity contribution >= 4 is 91.0 Å². The number of nitrogens with zero attached hydrogens (tertiary/aromatic N) is 11. The van der Waals surface area contributed by atoms with Gasteiger partial charge >= 0.3 is 6.03 Å². The van der Waals surface area contributed by atoms with Gasteiger partial charge in [-0.15, -0.1) is 24.7 Å². The van der Waals surface area contributed by atoms with Crippen LogP contribution >= 0.6 is 34.8 Å². The van der Waals surface area contributed by atoms with Crippen molar-refractivity contribution in [1.29, 1.82) is 0 Å². The molecule has 21 heteroatoms. The van der Waals surface area contributed by atoms with Gasteiger partial charge in [0, 0.05) is 94.8 Å². The quantitative estimate of drug-likeness (QED) is 0.150. The first kappa shape index (κ1) is 76.1. The van der Waals surface area contributed by atoms with E-state index in [1.165, 1.54) is 16.7 Å². The van der Waals surface area contributed by atoms with Gasteiger partial charge in [0.2, 0.25) is 11.8 Å². The van der Waals surface area contributed by atoms with Crippen molar-refractivity contribution in [3.63, 3.8) is 0 Å². The number of fused-ring (bicyclic) bond motifs is 21. The Balaban J connectivity index is 0.585. The number of carbonyl (C=O) groups excluding carboxylic acids is 3. The van der Waals surface area contributed by atoms with E-state index < -0.39 is 10.8 Å². The van der Waals surface area contributed by atoms with Crippen molar-refractivity contribution in [2.75, 3.05) is 83.4 Å². The number of aromatic nitrogens is 6. The summed E-state index contributed by atoms with van der Waals surface area (Å²) in [6.07, 6.45) is 32.5. The number of nitrogens with one attached hydrogen (secondary N) is 1. The van der Waals surface area contributed by atoms with Gasteiger partial charge < -0.3 is 29.8 Å². The second kappa shape index (κ2) is 29.8. The van der Waals surface area contributed by atoms with Crippen molar-refractivity contribution in [2.24, 2.45) is 23.7 Å².